The second kappa shape index (κ2) is 7.28. The van der Waals surface area contributed by atoms with Crippen LogP contribution in [0, 0.1) is 12.8 Å². The van der Waals surface area contributed by atoms with Crippen LogP contribution in [0.3, 0.4) is 0 Å². The molecule has 6 nitrogen and oxygen atoms in total. The van der Waals surface area contributed by atoms with E-state index < -0.39 is 0 Å². The Morgan fingerprint density at radius 3 is 2.56 bits per heavy atom. The smallest absolute Gasteiger partial charge is 0.105 e. The van der Waals surface area contributed by atoms with Crippen molar-refractivity contribution in [3.05, 3.63) is 29.6 Å². The summed E-state index contributed by atoms with van der Waals surface area (Å²) >= 11 is 0. The number of aryl methyl sites for hydroxylation is 1. The molecule has 2 aliphatic rings. The highest BCUT2D eigenvalue weighted by atomic mass is 15.4. The topological polar surface area (TPSA) is 51.8 Å². The second-order valence-corrected chi connectivity index (χ2v) is 7.92. The minimum Gasteiger partial charge on any atom is -0.334 e. The third-order valence-corrected chi connectivity index (χ3v) is 6.18. The van der Waals surface area contributed by atoms with Gasteiger partial charge in [-0.3, -0.25) is 9.58 Å². The molecule has 0 spiro atoms. The quantitative estimate of drug-likeness (QED) is 0.838. The molecular formula is C19H30N6. The van der Waals surface area contributed by atoms with Crippen molar-refractivity contribution < 1.29 is 0 Å². The Morgan fingerprint density at radius 2 is 1.88 bits per heavy atom. The third kappa shape index (κ3) is 3.78. The van der Waals surface area contributed by atoms with Gasteiger partial charge in [0.2, 0.25) is 0 Å². The highest BCUT2D eigenvalue weighted by Crippen LogP contribution is 2.32. The van der Waals surface area contributed by atoms with Crippen molar-refractivity contribution in [3.63, 3.8) is 0 Å². The zero-order valence-corrected chi connectivity index (χ0v) is 15.6. The van der Waals surface area contributed by atoms with E-state index in [0.717, 1.165) is 24.8 Å². The van der Waals surface area contributed by atoms with Gasteiger partial charge in [-0.1, -0.05) is 18.1 Å². The Kier molecular flexibility index (Phi) is 4.88. The predicted octanol–water partition coefficient (Wildman–Crippen LogP) is 2.89. The van der Waals surface area contributed by atoms with Gasteiger partial charge in [-0.25, -0.2) is 4.98 Å². The van der Waals surface area contributed by atoms with Crippen molar-refractivity contribution in [1.82, 2.24) is 29.4 Å². The van der Waals surface area contributed by atoms with Crippen molar-refractivity contribution in [2.45, 2.75) is 64.5 Å². The molecule has 1 saturated carbocycles. The van der Waals surface area contributed by atoms with Crippen molar-refractivity contribution in [2.24, 2.45) is 13.0 Å². The number of rotatable bonds is 5. The van der Waals surface area contributed by atoms with Gasteiger partial charge in [-0.15, -0.1) is 5.10 Å². The Labute approximate surface area is 150 Å². The number of hydrogen-bond acceptors (Lipinski definition) is 4. The second-order valence-electron chi connectivity index (χ2n) is 7.92. The summed E-state index contributed by atoms with van der Waals surface area (Å²) in [6.45, 7) is 6.43. The summed E-state index contributed by atoms with van der Waals surface area (Å²) in [5.41, 5.74) is 2.54. The van der Waals surface area contributed by atoms with E-state index in [4.69, 9.17) is 0 Å². The van der Waals surface area contributed by atoms with E-state index in [1.165, 1.54) is 63.0 Å². The fourth-order valence-corrected chi connectivity index (χ4v) is 4.33. The van der Waals surface area contributed by atoms with E-state index in [1.54, 1.807) is 0 Å². The summed E-state index contributed by atoms with van der Waals surface area (Å²) in [7, 11) is 2.11. The van der Waals surface area contributed by atoms with Crippen LogP contribution in [0.15, 0.2) is 12.4 Å². The van der Waals surface area contributed by atoms with Gasteiger partial charge < -0.3 is 4.57 Å². The van der Waals surface area contributed by atoms with Gasteiger partial charge in [0.15, 0.2) is 0 Å². The third-order valence-electron chi connectivity index (χ3n) is 6.18. The zero-order valence-electron chi connectivity index (χ0n) is 15.6. The zero-order chi connectivity index (χ0) is 17.2. The van der Waals surface area contributed by atoms with Gasteiger partial charge in [0.05, 0.1) is 11.4 Å². The maximum absolute atomic E-state index is 4.44. The Morgan fingerprint density at radius 1 is 1.12 bits per heavy atom. The minimum absolute atomic E-state index is 0.665. The first kappa shape index (κ1) is 16.8. The summed E-state index contributed by atoms with van der Waals surface area (Å²) in [6.07, 6.45) is 12.0. The van der Waals surface area contributed by atoms with E-state index in [9.17, 15) is 0 Å². The average Bonchev–Trinajstić information content (AvgIpc) is 3.35. The van der Waals surface area contributed by atoms with Crippen molar-refractivity contribution >= 4 is 0 Å². The standard InChI is InChI=1S/C19H30N6/c1-15-20-11-18(23(15)2)13-24-9-7-16(8-10-24)12-25-14-19(21-22-25)17-5-3-4-6-17/h11,14,16-17H,3-10,12-13H2,1-2H3. The summed E-state index contributed by atoms with van der Waals surface area (Å²) in [6, 6.07) is 0. The highest BCUT2D eigenvalue weighted by Gasteiger charge is 2.23. The molecule has 1 aliphatic carbocycles. The molecule has 136 valence electrons. The molecule has 1 aliphatic heterocycles. The Bertz CT molecular complexity index is 689. The molecule has 25 heavy (non-hydrogen) atoms. The fraction of sp³-hybridized carbons (Fsp3) is 0.737. The van der Waals surface area contributed by atoms with E-state index >= 15 is 0 Å². The van der Waals surface area contributed by atoms with E-state index in [-0.39, 0.29) is 0 Å². The molecule has 0 bridgehead atoms. The van der Waals surface area contributed by atoms with E-state index in [1.807, 2.05) is 6.20 Å². The number of hydrogen-bond donors (Lipinski definition) is 0. The van der Waals surface area contributed by atoms with Crippen molar-refractivity contribution in [1.29, 1.82) is 0 Å². The number of aromatic nitrogens is 5. The largest absolute Gasteiger partial charge is 0.334 e. The van der Waals surface area contributed by atoms with Gasteiger partial charge in [0, 0.05) is 38.4 Å². The van der Waals surface area contributed by atoms with Crippen LogP contribution in [-0.4, -0.2) is 42.5 Å². The molecular weight excluding hydrogens is 312 g/mol. The maximum Gasteiger partial charge on any atom is 0.105 e. The molecule has 0 aromatic carbocycles. The SMILES string of the molecule is Cc1ncc(CN2CCC(Cn3cc(C4CCCC4)nn3)CC2)n1C. The molecule has 6 heteroatoms. The Hall–Kier alpha value is -1.69. The molecule has 0 unspecified atom stereocenters. The van der Waals surface area contributed by atoms with Crippen LogP contribution < -0.4 is 0 Å². The molecule has 0 amide bonds. The number of nitrogens with zero attached hydrogens (tertiary/aromatic N) is 6. The molecule has 2 aromatic rings. The lowest BCUT2D eigenvalue weighted by molar-refractivity contribution is 0.161. The lowest BCUT2D eigenvalue weighted by Gasteiger charge is -2.31. The van der Waals surface area contributed by atoms with Gasteiger partial charge in [-0.2, -0.15) is 0 Å². The van der Waals surface area contributed by atoms with Crippen LogP contribution in [0.4, 0.5) is 0 Å². The number of imidazole rings is 1. The van der Waals surface area contributed by atoms with Gasteiger partial charge in [-0.05, 0) is 51.6 Å². The van der Waals surface area contributed by atoms with Gasteiger partial charge >= 0.3 is 0 Å². The molecule has 4 rings (SSSR count). The first-order chi connectivity index (χ1) is 12.2. The van der Waals surface area contributed by atoms with E-state index in [0.29, 0.717) is 5.92 Å². The monoisotopic (exact) mass is 342 g/mol. The molecule has 0 N–H and O–H groups in total. The molecule has 3 heterocycles. The summed E-state index contributed by atoms with van der Waals surface area (Å²) in [5.74, 6) is 2.48. The van der Waals surface area contributed by atoms with Crippen LogP contribution in [0.1, 0.15) is 61.7 Å². The molecule has 0 radical (unpaired) electrons. The maximum atomic E-state index is 4.44. The Balaban J connectivity index is 1.27. The van der Waals surface area contributed by atoms with Crippen molar-refractivity contribution in [3.8, 4) is 0 Å². The first-order valence-electron chi connectivity index (χ1n) is 9.78. The van der Waals surface area contributed by atoms with Crippen LogP contribution in [0.25, 0.3) is 0 Å². The van der Waals surface area contributed by atoms with Crippen LogP contribution in [0.5, 0.6) is 0 Å². The molecule has 0 atom stereocenters. The van der Waals surface area contributed by atoms with Crippen molar-refractivity contribution in [2.75, 3.05) is 13.1 Å². The lowest BCUT2D eigenvalue weighted by Crippen LogP contribution is -2.35. The summed E-state index contributed by atoms with van der Waals surface area (Å²) < 4.78 is 4.30. The van der Waals surface area contributed by atoms with Crippen LogP contribution in [-0.2, 0) is 20.1 Å². The van der Waals surface area contributed by atoms with Gasteiger partial charge in [0.25, 0.3) is 0 Å². The molecule has 1 saturated heterocycles. The molecule has 2 aromatic heterocycles. The highest BCUT2D eigenvalue weighted by molar-refractivity contribution is 5.04. The summed E-state index contributed by atoms with van der Waals surface area (Å²) in [5, 5.41) is 8.84. The fourth-order valence-electron chi connectivity index (χ4n) is 4.33. The van der Waals surface area contributed by atoms with Crippen LogP contribution >= 0.6 is 0 Å². The van der Waals surface area contributed by atoms with E-state index in [2.05, 4.69) is 49.6 Å². The lowest BCUT2D eigenvalue weighted by atomic mass is 9.96. The average molecular weight is 342 g/mol. The minimum atomic E-state index is 0.665. The number of likely N-dealkylation sites (tertiary alicyclic amines) is 1. The normalized spacial score (nSPS) is 20.6. The molecule has 2 fully saturated rings. The van der Waals surface area contributed by atoms with Crippen LogP contribution in [0.2, 0.25) is 0 Å². The number of piperidine rings is 1. The summed E-state index contributed by atoms with van der Waals surface area (Å²) in [4.78, 5) is 6.96. The van der Waals surface area contributed by atoms with Gasteiger partial charge in [0.1, 0.15) is 5.82 Å². The first-order valence-corrected chi connectivity index (χ1v) is 9.78. The predicted molar refractivity (Wildman–Crippen MR) is 97.2 cm³/mol.